The molecule has 2 aromatic rings. The quantitative estimate of drug-likeness (QED) is 0.761. The number of rotatable bonds is 7. The summed E-state index contributed by atoms with van der Waals surface area (Å²) in [6, 6.07) is 9.70. The Kier molecular flexibility index (Phi) is 6.25. The largest absolute Gasteiger partial charge is 0.497 e. The molecule has 0 unspecified atom stereocenters. The van der Waals surface area contributed by atoms with Gasteiger partial charge in [0.15, 0.2) is 12.4 Å². The molecule has 0 aliphatic heterocycles. The van der Waals surface area contributed by atoms with Crippen LogP contribution in [-0.2, 0) is 4.79 Å². The summed E-state index contributed by atoms with van der Waals surface area (Å²) in [6.07, 6.45) is 0. The molecule has 0 atom stereocenters. The molecular weight excluding hydrogens is 346 g/mol. The first-order chi connectivity index (χ1) is 11.9. The van der Waals surface area contributed by atoms with E-state index in [2.05, 4.69) is 5.32 Å². The van der Waals surface area contributed by atoms with Crippen molar-refractivity contribution >= 4 is 29.0 Å². The number of halogens is 1. The van der Waals surface area contributed by atoms with Gasteiger partial charge in [-0.2, -0.15) is 0 Å². The first-order valence-electron chi connectivity index (χ1n) is 7.39. The highest BCUT2D eigenvalue weighted by atomic mass is 35.5. The molecule has 25 heavy (non-hydrogen) atoms. The summed E-state index contributed by atoms with van der Waals surface area (Å²) in [4.78, 5) is 23.7. The van der Waals surface area contributed by atoms with Gasteiger partial charge in [0.05, 0.1) is 24.8 Å². The number of ether oxygens (including phenoxy) is 3. The molecule has 0 bridgehead atoms. The van der Waals surface area contributed by atoms with Crippen molar-refractivity contribution in [3.63, 3.8) is 0 Å². The molecule has 132 valence electrons. The van der Waals surface area contributed by atoms with Crippen molar-refractivity contribution in [3.8, 4) is 17.2 Å². The first-order valence-corrected chi connectivity index (χ1v) is 7.77. The molecule has 1 N–H and O–H groups in total. The number of amides is 1. The Hall–Kier alpha value is -2.73. The molecule has 1 amide bonds. The van der Waals surface area contributed by atoms with Gasteiger partial charge in [0, 0.05) is 11.8 Å². The fourth-order valence-corrected chi connectivity index (χ4v) is 2.38. The van der Waals surface area contributed by atoms with Gasteiger partial charge < -0.3 is 19.5 Å². The lowest BCUT2D eigenvalue weighted by molar-refractivity contribution is -0.118. The predicted octanol–water partition coefficient (Wildman–Crippen LogP) is 3.58. The number of hydrogen-bond donors (Lipinski definition) is 1. The smallest absolute Gasteiger partial charge is 0.262 e. The highest BCUT2D eigenvalue weighted by Gasteiger charge is 2.12. The maximum Gasteiger partial charge on any atom is 0.262 e. The van der Waals surface area contributed by atoms with E-state index in [1.165, 1.54) is 21.1 Å². The molecule has 2 rings (SSSR count). The maximum atomic E-state index is 12.1. The zero-order valence-corrected chi connectivity index (χ0v) is 14.8. The Bertz CT molecular complexity index is 791. The Labute approximate surface area is 150 Å². The summed E-state index contributed by atoms with van der Waals surface area (Å²) in [5.74, 6) is 0.772. The minimum atomic E-state index is -0.390. The second kappa shape index (κ2) is 8.39. The van der Waals surface area contributed by atoms with Crippen LogP contribution in [0, 0.1) is 0 Å². The van der Waals surface area contributed by atoms with Gasteiger partial charge in [-0.05, 0) is 37.3 Å². The second-order valence-electron chi connectivity index (χ2n) is 5.10. The summed E-state index contributed by atoms with van der Waals surface area (Å²) in [7, 11) is 3.01. The van der Waals surface area contributed by atoms with Crippen LogP contribution in [0.4, 0.5) is 5.69 Å². The van der Waals surface area contributed by atoms with Gasteiger partial charge in [-0.25, -0.2) is 0 Å². The van der Waals surface area contributed by atoms with Crippen molar-refractivity contribution < 1.29 is 23.8 Å². The van der Waals surface area contributed by atoms with Crippen LogP contribution >= 0.6 is 11.6 Å². The molecule has 6 nitrogen and oxygen atoms in total. The zero-order chi connectivity index (χ0) is 18.4. The lowest BCUT2D eigenvalue weighted by Crippen LogP contribution is -2.20. The number of hydrogen-bond acceptors (Lipinski definition) is 5. The molecule has 2 aromatic carbocycles. The third kappa shape index (κ3) is 4.87. The lowest BCUT2D eigenvalue weighted by Gasteiger charge is -2.12. The minimum absolute atomic E-state index is 0.167. The van der Waals surface area contributed by atoms with E-state index in [1.54, 1.807) is 36.4 Å². The van der Waals surface area contributed by atoms with Crippen molar-refractivity contribution in [2.75, 3.05) is 26.1 Å². The van der Waals surface area contributed by atoms with Gasteiger partial charge >= 0.3 is 0 Å². The van der Waals surface area contributed by atoms with E-state index in [1.807, 2.05) is 0 Å². The lowest BCUT2D eigenvalue weighted by atomic mass is 10.1. The SMILES string of the molecule is COc1ccc(C(C)=O)c(OCC(=O)Nc2ccc(OC)c(Cl)c2)c1. The number of benzene rings is 2. The number of anilines is 1. The molecule has 0 heterocycles. The van der Waals surface area contributed by atoms with Gasteiger partial charge in [0.25, 0.3) is 5.91 Å². The number of Topliss-reactive ketones (excluding diaryl/α,β-unsaturated/α-hetero) is 1. The Morgan fingerprint density at radius 2 is 1.80 bits per heavy atom. The van der Waals surface area contributed by atoms with E-state index in [9.17, 15) is 9.59 Å². The number of carbonyl (C=O) groups is 2. The van der Waals surface area contributed by atoms with E-state index in [0.717, 1.165) is 0 Å². The van der Waals surface area contributed by atoms with Gasteiger partial charge in [-0.3, -0.25) is 9.59 Å². The minimum Gasteiger partial charge on any atom is -0.497 e. The van der Waals surface area contributed by atoms with Crippen LogP contribution in [0.15, 0.2) is 36.4 Å². The normalized spacial score (nSPS) is 10.1. The van der Waals surface area contributed by atoms with Gasteiger partial charge in [-0.15, -0.1) is 0 Å². The summed E-state index contributed by atoms with van der Waals surface area (Å²) in [5, 5.41) is 3.04. The first kappa shape index (κ1) is 18.6. The van der Waals surface area contributed by atoms with E-state index in [0.29, 0.717) is 27.8 Å². The van der Waals surface area contributed by atoms with E-state index < -0.39 is 5.91 Å². The summed E-state index contributed by atoms with van der Waals surface area (Å²) < 4.78 is 15.6. The molecule has 0 aliphatic carbocycles. The fourth-order valence-electron chi connectivity index (χ4n) is 2.12. The molecular formula is C18H18ClNO5. The predicted molar refractivity (Wildman–Crippen MR) is 95.1 cm³/mol. The number of ketones is 1. The van der Waals surface area contributed by atoms with Crippen molar-refractivity contribution in [1.29, 1.82) is 0 Å². The standard InChI is InChI=1S/C18H18ClNO5/c1-11(21)14-6-5-13(23-2)9-17(14)25-10-18(22)20-12-4-7-16(24-3)15(19)8-12/h4-9H,10H2,1-3H3,(H,20,22). The molecule has 0 spiro atoms. The Morgan fingerprint density at radius 3 is 2.40 bits per heavy atom. The highest BCUT2D eigenvalue weighted by molar-refractivity contribution is 6.32. The van der Waals surface area contributed by atoms with Gasteiger partial charge in [-0.1, -0.05) is 11.6 Å². The Morgan fingerprint density at radius 1 is 1.04 bits per heavy atom. The second-order valence-corrected chi connectivity index (χ2v) is 5.51. The van der Waals surface area contributed by atoms with Crippen LogP contribution in [0.1, 0.15) is 17.3 Å². The molecule has 0 saturated carbocycles. The van der Waals surface area contributed by atoms with Crippen LogP contribution in [0.3, 0.4) is 0 Å². The molecule has 0 fully saturated rings. The molecule has 0 aliphatic rings. The van der Waals surface area contributed by atoms with Crippen molar-refractivity contribution in [1.82, 2.24) is 0 Å². The van der Waals surface area contributed by atoms with Crippen LogP contribution in [0.25, 0.3) is 0 Å². The third-order valence-electron chi connectivity index (χ3n) is 3.36. The van der Waals surface area contributed by atoms with Crippen LogP contribution < -0.4 is 19.5 Å². The maximum absolute atomic E-state index is 12.1. The molecule has 0 aromatic heterocycles. The topological polar surface area (TPSA) is 73.9 Å². The van der Waals surface area contributed by atoms with Crippen molar-refractivity contribution in [2.24, 2.45) is 0 Å². The number of nitrogens with one attached hydrogen (secondary N) is 1. The van der Waals surface area contributed by atoms with Crippen LogP contribution in [0.2, 0.25) is 5.02 Å². The highest BCUT2D eigenvalue weighted by Crippen LogP contribution is 2.27. The van der Waals surface area contributed by atoms with Crippen LogP contribution in [-0.4, -0.2) is 32.5 Å². The summed E-state index contributed by atoms with van der Waals surface area (Å²) in [5.41, 5.74) is 0.887. The monoisotopic (exact) mass is 363 g/mol. The summed E-state index contributed by atoms with van der Waals surface area (Å²) >= 11 is 6.02. The van der Waals surface area contributed by atoms with Gasteiger partial charge in [0.1, 0.15) is 17.2 Å². The Balaban J connectivity index is 2.04. The van der Waals surface area contributed by atoms with E-state index >= 15 is 0 Å². The summed E-state index contributed by atoms with van der Waals surface area (Å²) in [6.45, 7) is 1.16. The molecule has 0 radical (unpaired) electrons. The fraction of sp³-hybridized carbons (Fsp3) is 0.222. The average molecular weight is 364 g/mol. The van der Waals surface area contributed by atoms with Crippen molar-refractivity contribution in [3.05, 3.63) is 47.0 Å². The van der Waals surface area contributed by atoms with Crippen molar-refractivity contribution in [2.45, 2.75) is 6.92 Å². The van der Waals surface area contributed by atoms with Gasteiger partial charge in [0.2, 0.25) is 0 Å². The van der Waals surface area contributed by atoms with Crippen LogP contribution in [0.5, 0.6) is 17.2 Å². The molecule has 0 saturated heterocycles. The van der Waals surface area contributed by atoms with E-state index in [4.69, 9.17) is 25.8 Å². The number of methoxy groups -OCH3 is 2. The number of carbonyl (C=O) groups excluding carboxylic acids is 2. The average Bonchev–Trinajstić information content (AvgIpc) is 2.59. The third-order valence-corrected chi connectivity index (χ3v) is 3.66. The van der Waals surface area contributed by atoms with E-state index in [-0.39, 0.29) is 18.1 Å². The zero-order valence-electron chi connectivity index (χ0n) is 14.1. The molecule has 7 heteroatoms.